The molecule has 0 fully saturated rings. The van der Waals surface area contributed by atoms with Gasteiger partial charge in [-0.15, -0.1) is 0 Å². The summed E-state index contributed by atoms with van der Waals surface area (Å²) in [4.78, 5) is 41.9. The molecule has 2 unspecified atom stereocenters. The van der Waals surface area contributed by atoms with E-state index in [9.17, 15) is 19.5 Å². The van der Waals surface area contributed by atoms with Crippen LogP contribution >= 0.6 is 0 Å². The molecule has 1 aliphatic rings. The van der Waals surface area contributed by atoms with Crippen LogP contribution in [-0.2, 0) is 20.9 Å². The molecule has 4 rings (SSSR count). The van der Waals surface area contributed by atoms with Gasteiger partial charge in [-0.25, -0.2) is 9.59 Å². The summed E-state index contributed by atoms with van der Waals surface area (Å²) in [6.07, 6.45) is -0.436. The van der Waals surface area contributed by atoms with E-state index in [0.29, 0.717) is 13.1 Å². The Balaban J connectivity index is 1.38. The van der Waals surface area contributed by atoms with Gasteiger partial charge in [-0.05, 0) is 61.9 Å². The zero-order valence-electron chi connectivity index (χ0n) is 23.7. The highest BCUT2D eigenvalue weighted by Gasteiger charge is 2.31. The van der Waals surface area contributed by atoms with Gasteiger partial charge in [0.05, 0.1) is 0 Å². The van der Waals surface area contributed by atoms with Crippen molar-refractivity contribution in [3.63, 3.8) is 0 Å². The number of nitrogens with zero attached hydrogens (tertiary/aromatic N) is 2. The predicted molar refractivity (Wildman–Crippen MR) is 158 cm³/mol. The van der Waals surface area contributed by atoms with Crippen LogP contribution in [0.3, 0.4) is 0 Å². The number of nitrogens with one attached hydrogen (secondary N) is 2. The van der Waals surface area contributed by atoms with Crippen LogP contribution in [0.2, 0.25) is 0 Å². The molecule has 2 atom stereocenters. The Hall–Kier alpha value is -4.21. The molecule has 0 bridgehead atoms. The minimum atomic E-state index is -1.15. The van der Waals surface area contributed by atoms with Crippen molar-refractivity contribution in [2.75, 3.05) is 40.8 Å². The molecule has 9 nitrogen and oxygen atoms in total. The van der Waals surface area contributed by atoms with Crippen molar-refractivity contribution in [3.8, 4) is 11.1 Å². The molecule has 41 heavy (non-hydrogen) atoms. The van der Waals surface area contributed by atoms with E-state index < -0.39 is 30.1 Å². The van der Waals surface area contributed by atoms with Gasteiger partial charge < -0.3 is 25.4 Å². The lowest BCUT2D eigenvalue weighted by molar-refractivity contribution is -0.142. The van der Waals surface area contributed by atoms with Crippen LogP contribution in [0.15, 0.2) is 78.9 Å². The number of aliphatic carboxylic acids is 1. The van der Waals surface area contributed by atoms with Crippen molar-refractivity contribution < 1.29 is 24.2 Å². The van der Waals surface area contributed by atoms with E-state index in [1.807, 2.05) is 90.6 Å². The number of hydrogen-bond donors (Lipinski definition) is 3. The number of fused-ring (bicyclic) bond motifs is 3. The van der Waals surface area contributed by atoms with Crippen molar-refractivity contribution in [2.24, 2.45) is 0 Å². The average molecular weight is 559 g/mol. The van der Waals surface area contributed by atoms with Gasteiger partial charge in [-0.2, -0.15) is 0 Å². The first-order valence-electron chi connectivity index (χ1n) is 13.7. The second-order valence-electron chi connectivity index (χ2n) is 10.7. The Morgan fingerprint density at radius 1 is 0.829 bits per heavy atom. The minimum Gasteiger partial charge on any atom is -0.480 e. The number of amides is 2. The number of hydrogen-bond acceptors (Lipinski definition) is 6. The van der Waals surface area contributed by atoms with Crippen molar-refractivity contribution in [3.05, 3.63) is 95.6 Å². The Morgan fingerprint density at radius 2 is 1.41 bits per heavy atom. The molecule has 3 N–H and O–H groups in total. The molecule has 3 aromatic carbocycles. The standard InChI is InChI=1S/C32H38N4O5/c1-35(2)18-17-28(30(37)33-29(31(38)39)20-36(3)19-22-11-5-4-6-12-22)34-32(40)41-21-27-25-15-9-7-13-23(25)24-14-8-10-16-26(24)27/h4-16,27-29H,17-21H2,1-3H3,(H,33,37)(H,34,40)(H,38,39). The Morgan fingerprint density at radius 3 is 2.00 bits per heavy atom. The Kier molecular flexibility index (Phi) is 10.1. The molecule has 0 radical (unpaired) electrons. The van der Waals surface area contributed by atoms with Crippen molar-refractivity contribution in [1.82, 2.24) is 20.4 Å². The lowest BCUT2D eigenvalue weighted by Gasteiger charge is -2.25. The van der Waals surface area contributed by atoms with E-state index in [2.05, 4.69) is 22.8 Å². The van der Waals surface area contributed by atoms with Crippen LogP contribution in [0.4, 0.5) is 4.79 Å². The van der Waals surface area contributed by atoms with Gasteiger partial charge in [-0.1, -0.05) is 78.9 Å². The summed E-state index contributed by atoms with van der Waals surface area (Å²) >= 11 is 0. The smallest absolute Gasteiger partial charge is 0.407 e. The number of ether oxygens (including phenoxy) is 1. The van der Waals surface area contributed by atoms with E-state index in [-0.39, 0.29) is 25.5 Å². The van der Waals surface area contributed by atoms with Gasteiger partial charge in [-0.3, -0.25) is 9.69 Å². The van der Waals surface area contributed by atoms with Crippen molar-refractivity contribution >= 4 is 18.0 Å². The third-order valence-corrected chi connectivity index (χ3v) is 7.22. The maximum absolute atomic E-state index is 13.3. The fraction of sp³-hybridized carbons (Fsp3) is 0.344. The molecule has 9 heteroatoms. The molecule has 0 saturated heterocycles. The Bertz CT molecular complexity index is 1300. The van der Waals surface area contributed by atoms with Gasteiger partial charge in [0.1, 0.15) is 18.7 Å². The maximum atomic E-state index is 13.3. The average Bonchev–Trinajstić information content (AvgIpc) is 3.27. The van der Waals surface area contributed by atoms with Crippen LogP contribution < -0.4 is 10.6 Å². The van der Waals surface area contributed by atoms with Crippen LogP contribution in [0, 0.1) is 0 Å². The van der Waals surface area contributed by atoms with Crippen LogP contribution in [0.1, 0.15) is 29.0 Å². The summed E-state index contributed by atoms with van der Waals surface area (Å²) in [6, 6.07) is 23.7. The molecule has 1 aliphatic carbocycles. The molecule has 0 heterocycles. The lowest BCUT2D eigenvalue weighted by atomic mass is 9.98. The van der Waals surface area contributed by atoms with E-state index in [1.54, 1.807) is 7.05 Å². The van der Waals surface area contributed by atoms with Crippen LogP contribution in [0.25, 0.3) is 11.1 Å². The van der Waals surface area contributed by atoms with Gasteiger partial charge in [0.25, 0.3) is 0 Å². The van der Waals surface area contributed by atoms with Crippen LogP contribution in [-0.4, -0.2) is 85.8 Å². The number of carbonyl (C=O) groups is 3. The van der Waals surface area contributed by atoms with E-state index in [1.165, 1.54) is 0 Å². The van der Waals surface area contributed by atoms with Crippen LogP contribution in [0.5, 0.6) is 0 Å². The van der Waals surface area contributed by atoms with Gasteiger partial charge >= 0.3 is 12.1 Å². The van der Waals surface area contributed by atoms with E-state index >= 15 is 0 Å². The molecule has 0 spiro atoms. The summed E-state index contributed by atoms with van der Waals surface area (Å²) in [5.41, 5.74) is 5.46. The molecule has 0 saturated carbocycles. The highest BCUT2D eigenvalue weighted by Crippen LogP contribution is 2.44. The number of carboxylic acids is 1. The summed E-state index contributed by atoms with van der Waals surface area (Å²) in [7, 11) is 5.52. The number of likely N-dealkylation sites (N-methyl/N-ethyl adjacent to an activating group) is 1. The monoisotopic (exact) mass is 558 g/mol. The normalized spacial score (nSPS) is 13.8. The highest BCUT2D eigenvalue weighted by molar-refractivity contribution is 5.89. The van der Waals surface area contributed by atoms with E-state index in [0.717, 1.165) is 27.8 Å². The van der Waals surface area contributed by atoms with Crippen molar-refractivity contribution in [1.29, 1.82) is 0 Å². The molecule has 216 valence electrons. The number of alkyl carbamates (subject to hydrolysis) is 1. The lowest BCUT2D eigenvalue weighted by Crippen LogP contribution is -2.55. The second-order valence-corrected chi connectivity index (χ2v) is 10.7. The van der Waals surface area contributed by atoms with E-state index in [4.69, 9.17) is 4.74 Å². The first-order valence-corrected chi connectivity index (χ1v) is 13.7. The maximum Gasteiger partial charge on any atom is 0.407 e. The molecule has 2 amide bonds. The first kappa shape index (κ1) is 29.8. The fourth-order valence-electron chi connectivity index (χ4n) is 5.17. The quantitative estimate of drug-likeness (QED) is 0.294. The summed E-state index contributed by atoms with van der Waals surface area (Å²) < 4.78 is 5.64. The Labute approximate surface area is 241 Å². The molecule has 0 aromatic heterocycles. The zero-order valence-corrected chi connectivity index (χ0v) is 23.7. The third kappa shape index (κ3) is 7.93. The predicted octanol–water partition coefficient (Wildman–Crippen LogP) is 3.55. The van der Waals surface area contributed by atoms with Gasteiger partial charge in [0.2, 0.25) is 5.91 Å². The number of rotatable bonds is 13. The second kappa shape index (κ2) is 13.9. The number of carboxylic acid groups (broad SMARTS) is 1. The fourth-order valence-corrected chi connectivity index (χ4v) is 5.17. The highest BCUT2D eigenvalue weighted by atomic mass is 16.5. The molecule has 0 aliphatic heterocycles. The largest absolute Gasteiger partial charge is 0.480 e. The molecular weight excluding hydrogens is 520 g/mol. The first-order chi connectivity index (χ1) is 19.7. The van der Waals surface area contributed by atoms with Gasteiger partial charge in [0, 0.05) is 19.0 Å². The van der Waals surface area contributed by atoms with Gasteiger partial charge in [0.15, 0.2) is 0 Å². The SMILES string of the molecule is CN(C)CCC(NC(=O)OCC1c2ccccc2-c2ccccc21)C(=O)NC(CN(C)Cc1ccccc1)C(=O)O. The minimum absolute atomic E-state index is 0.0985. The molecular formula is C32H38N4O5. The number of carbonyl (C=O) groups excluding carboxylic acids is 2. The summed E-state index contributed by atoms with van der Waals surface area (Å²) in [5.74, 6) is -1.83. The van der Waals surface area contributed by atoms with Crippen molar-refractivity contribution in [2.45, 2.75) is 31.0 Å². The zero-order chi connectivity index (χ0) is 29.4. The summed E-state index contributed by atoms with van der Waals surface area (Å²) in [6.45, 7) is 1.25. The summed E-state index contributed by atoms with van der Waals surface area (Å²) in [5, 5.41) is 15.1. The third-order valence-electron chi connectivity index (χ3n) is 7.22. The topological polar surface area (TPSA) is 111 Å². The number of benzene rings is 3. The molecule has 3 aromatic rings.